The summed E-state index contributed by atoms with van der Waals surface area (Å²) in [5, 5.41) is 23.2. The molecule has 0 aliphatic heterocycles. The molecule has 6 heteroatoms. The summed E-state index contributed by atoms with van der Waals surface area (Å²) in [6.45, 7) is 1.70. The van der Waals surface area contributed by atoms with Gasteiger partial charge in [-0.25, -0.2) is 0 Å². The van der Waals surface area contributed by atoms with Gasteiger partial charge in [0.15, 0.2) is 0 Å². The quantitative estimate of drug-likeness (QED) is 0.652. The van der Waals surface area contributed by atoms with Gasteiger partial charge in [0.05, 0.1) is 10.8 Å². The highest BCUT2D eigenvalue weighted by atomic mass is 16.6. The minimum Gasteiger partial charge on any atom is -0.481 e. The van der Waals surface area contributed by atoms with Crippen molar-refractivity contribution in [3.63, 3.8) is 0 Å². The molecule has 0 spiro atoms. The molecule has 0 radical (unpaired) electrons. The third kappa shape index (κ3) is 3.26. The van der Waals surface area contributed by atoms with Gasteiger partial charge >= 0.3 is 5.97 Å². The Morgan fingerprint density at radius 1 is 1.45 bits per heavy atom. The van der Waals surface area contributed by atoms with E-state index in [1.165, 1.54) is 6.07 Å². The maximum Gasteiger partial charge on any atom is 0.306 e. The van der Waals surface area contributed by atoms with E-state index in [1.54, 1.807) is 19.1 Å². The lowest BCUT2D eigenvalue weighted by Gasteiger charge is -2.28. The Balaban J connectivity index is 2.08. The summed E-state index contributed by atoms with van der Waals surface area (Å²) in [7, 11) is 0. The lowest BCUT2D eigenvalue weighted by atomic mass is 9.85. The second-order valence-electron chi connectivity index (χ2n) is 5.30. The fourth-order valence-electron chi connectivity index (χ4n) is 2.68. The van der Waals surface area contributed by atoms with Gasteiger partial charge in [-0.1, -0.05) is 12.5 Å². The monoisotopic (exact) mass is 278 g/mol. The van der Waals surface area contributed by atoms with Gasteiger partial charge in [-0.2, -0.15) is 0 Å². The van der Waals surface area contributed by atoms with Crippen LogP contribution in [0, 0.1) is 23.0 Å². The van der Waals surface area contributed by atoms with Crippen molar-refractivity contribution >= 4 is 17.3 Å². The summed E-state index contributed by atoms with van der Waals surface area (Å²) in [5.74, 6) is -1.08. The molecule has 20 heavy (non-hydrogen) atoms. The number of carboxylic acids is 1. The average molecular weight is 278 g/mol. The van der Waals surface area contributed by atoms with Gasteiger partial charge in [-0.3, -0.25) is 14.9 Å². The molecular formula is C14H18N2O4. The second kappa shape index (κ2) is 5.90. The number of carboxylic acid groups (broad SMARTS) is 1. The van der Waals surface area contributed by atoms with E-state index in [0.29, 0.717) is 24.1 Å². The third-order valence-electron chi connectivity index (χ3n) is 3.80. The molecule has 108 valence electrons. The largest absolute Gasteiger partial charge is 0.481 e. The van der Waals surface area contributed by atoms with E-state index in [0.717, 1.165) is 12.8 Å². The maximum absolute atomic E-state index is 11.0. The molecule has 1 aromatic carbocycles. The third-order valence-corrected chi connectivity index (χ3v) is 3.80. The Morgan fingerprint density at radius 3 is 2.85 bits per heavy atom. The topological polar surface area (TPSA) is 92.5 Å². The Hall–Kier alpha value is -2.11. The van der Waals surface area contributed by atoms with Crippen LogP contribution in [0.5, 0.6) is 0 Å². The Kier molecular flexibility index (Phi) is 4.22. The van der Waals surface area contributed by atoms with Crippen molar-refractivity contribution in [3.05, 3.63) is 33.9 Å². The van der Waals surface area contributed by atoms with Gasteiger partial charge in [0, 0.05) is 23.4 Å². The molecule has 0 aromatic heterocycles. The normalized spacial score (nSPS) is 22.2. The summed E-state index contributed by atoms with van der Waals surface area (Å²) in [6.07, 6.45) is 3.03. The zero-order valence-electron chi connectivity index (χ0n) is 11.3. The molecular weight excluding hydrogens is 260 g/mol. The predicted octanol–water partition coefficient (Wildman–Crippen LogP) is 2.96. The first kappa shape index (κ1) is 14.3. The summed E-state index contributed by atoms with van der Waals surface area (Å²) in [4.78, 5) is 21.5. The molecule has 1 saturated carbocycles. The van der Waals surface area contributed by atoms with E-state index < -0.39 is 10.9 Å². The van der Waals surface area contributed by atoms with E-state index in [-0.39, 0.29) is 17.6 Å². The number of anilines is 1. The molecule has 2 rings (SSSR count). The van der Waals surface area contributed by atoms with Gasteiger partial charge in [0.1, 0.15) is 0 Å². The molecule has 0 saturated heterocycles. The highest BCUT2D eigenvalue weighted by Crippen LogP contribution is 2.29. The summed E-state index contributed by atoms with van der Waals surface area (Å²) < 4.78 is 0. The van der Waals surface area contributed by atoms with Crippen molar-refractivity contribution in [1.29, 1.82) is 0 Å². The Morgan fingerprint density at radius 2 is 2.20 bits per heavy atom. The zero-order chi connectivity index (χ0) is 14.7. The lowest BCUT2D eigenvalue weighted by Crippen LogP contribution is -2.30. The van der Waals surface area contributed by atoms with E-state index in [9.17, 15) is 14.9 Å². The zero-order valence-corrected chi connectivity index (χ0v) is 11.3. The SMILES string of the molecule is Cc1ccc(NC2CCCC(C(=O)O)C2)cc1[N+](=O)[O-]. The number of carbonyl (C=O) groups is 1. The van der Waals surface area contributed by atoms with Gasteiger partial charge in [-0.05, 0) is 32.3 Å². The van der Waals surface area contributed by atoms with E-state index in [1.807, 2.05) is 0 Å². The Labute approximate surface area is 117 Å². The number of nitro benzene ring substituents is 1. The lowest BCUT2D eigenvalue weighted by molar-refractivity contribution is -0.385. The molecule has 0 amide bonds. The molecule has 2 unspecified atom stereocenters. The smallest absolute Gasteiger partial charge is 0.306 e. The van der Waals surface area contributed by atoms with Crippen LogP contribution in [0.1, 0.15) is 31.2 Å². The predicted molar refractivity (Wildman–Crippen MR) is 74.8 cm³/mol. The summed E-state index contributed by atoms with van der Waals surface area (Å²) in [6, 6.07) is 5.08. The molecule has 0 bridgehead atoms. The van der Waals surface area contributed by atoms with Crippen LogP contribution in [0.15, 0.2) is 18.2 Å². The van der Waals surface area contributed by atoms with E-state index in [2.05, 4.69) is 5.32 Å². The number of aryl methyl sites for hydroxylation is 1. The number of rotatable bonds is 4. The molecule has 2 N–H and O–H groups in total. The molecule has 1 fully saturated rings. The van der Waals surface area contributed by atoms with Crippen LogP contribution in [0.2, 0.25) is 0 Å². The number of hydrogen-bond acceptors (Lipinski definition) is 4. The number of nitro groups is 1. The van der Waals surface area contributed by atoms with Crippen LogP contribution in [-0.2, 0) is 4.79 Å². The van der Waals surface area contributed by atoms with Crippen LogP contribution in [-0.4, -0.2) is 22.0 Å². The van der Waals surface area contributed by atoms with Crippen molar-refractivity contribution in [2.75, 3.05) is 5.32 Å². The van der Waals surface area contributed by atoms with Crippen LogP contribution in [0.25, 0.3) is 0 Å². The van der Waals surface area contributed by atoms with Gasteiger partial charge in [0.25, 0.3) is 5.69 Å². The molecule has 0 heterocycles. The van der Waals surface area contributed by atoms with Crippen molar-refractivity contribution in [2.24, 2.45) is 5.92 Å². The van der Waals surface area contributed by atoms with Gasteiger partial charge in [-0.15, -0.1) is 0 Å². The van der Waals surface area contributed by atoms with Crippen LogP contribution in [0.4, 0.5) is 11.4 Å². The van der Waals surface area contributed by atoms with E-state index in [4.69, 9.17) is 5.11 Å². The standard InChI is InChI=1S/C14H18N2O4/c1-9-5-6-12(8-13(9)16(19)20)15-11-4-2-3-10(7-11)14(17)18/h5-6,8,10-11,15H,2-4,7H2,1H3,(H,17,18). The van der Waals surface area contributed by atoms with Crippen LogP contribution >= 0.6 is 0 Å². The van der Waals surface area contributed by atoms with Crippen LogP contribution in [0.3, 0.4) is 0 Å². The van der Waals surface area contributed by atoms with Crippen molar-refractivity contribution in [2.45, 2.75) is 38.6 Å². The number of nitrogens with zero attached hydrogens (tertiary/aromatic N) is 1. The first-order valence-corrected chi connectivity index (χ1v) is 6.71. The Bertz CT molecular complexity index is 530. The average Bonchev–Trinajstić information content (AvgIpc) is 2.41. The minimum atomic E-state index is -0.758. The number of hydrogen-bond donors (Lipinski definition) is 2. The first-order valence-electron chi connectivity index (χ1n) is 6.71. The maximum atomic E-state index is 11.0. The fourth-order valence-corrected chi connectivity index (χ4v) is 2.68. The molecule has 1 aromatic rings. The van der Waals surface area contributed by atoms with Gasteiger partial charge < -0.3 is 10.4 Å². The molecule has 1 aliphatic rings. The molecule has 6 nitrogen and oxygen atoms in total. The molecule has 1 aliphatic carbocycles. The highest BCUT2D eigenvalue weighted by Gasteiger charge is 2.27. The van der Waals surface area contributed by atoms with E-state index >= 15 is 0 Å². The summed E-state index contributed by atoms with van der Waals surface area (Å²) >= 11 is 0. The first-order chi connectivity index (χ1) is 9.47. The number of aliphatic carboxylic acids is 1. The van der Waals surface area contributed by atoms with Crippen molar-refractivity contribution in [1.82, 2.24) is 0 Å². The summed E-state index contributed by atoms with van der Waals surface area (Å²) in [5.41, 5.74) is 1.38. The minimum absolute atomic E-state index is 0.0622. The van der Waals surface area contributed by atoms with Gasteiger partial charge in [0.2, 0.25) is 0 Å². The van der Waals surface area contributed by atoms with Crippen LogP contribution < -0.4 is 5.32 Å². The number of benzene rings is 1. The highest BCUT2D eigenvalue weighted by molar-refractivity contribution is 5.70. The number of nitrogens with one attached hydrogen (secondary N) is 1. The second-order valence-corrected chi connectivity index (χ2v) is 5.30. The van der Waals surface area contributed by atoms with Crippen molar-refractivity contribution < 1.29 is 14.8 Å². The fraction of sp³-hybridized carbons (Fsp3) is 0.500. The van der Waals surface area contributed by atoms with Crippen molar-refractivity contribution in [3.8, 4) is 0 Å². The molecule has 2 atom stereocenters.